The molecule has 94 valence electrons. The molecular formula is C12H21N5. The van der Waals surface area contributed by atoms with Crippen LogP contribution in [0.2, 0.25) is 0 Å². The van der Waals surface area contributed by atoms with Crippen molar-refractivity contribution in [3.63, 3.8) is 0 Å². The van der Waals surface area contributed by atoms with Crippen LogP contribution >= 0.6 is 0 Å². The van der Waals surface area contributed by atoms with E-state index in [1.54, 1.807) is 0 Å². The zero-order chi connectivity index (χ0) is 12.1. The van der Waals surface area contributed by atoms with Crippen molar-refractivity contribution in [1.82, 2.24) is 15.0 Å². The lowest BCUT2D eigenvalue weighted by atomic mass is 10.2. The molecule has 2 heterocycles. The maximum Gasteiger partial charge on any atom is 0.230 e. The van der Waals surface area contributed by atoms with E-state index in [1.165, 1.54) is 25.7 Å². The average molecular weight is 235 g/mol. The van der Waals surface area contributed by atoms with E-state index in [9.17, 15) is 0 Å². The minimum atomic E-state index is 0.350. The van der Waals surface area contributed by atoms with Crippen molar-refractivity contribution >= 4 is 11.9 Å². The first-order valence-corrected chi connectivity index (χ1v) is 6.55. The number of hydrogen-bond donors (Lipinski definition) is 1. The average Bonchev–Trinajstić information content (AvgIpc) is 2.57. The Hall–Kier alpha value is -1.39. The summed E-state index contributed by atoms with van der Waals surface area (Å²) >= 11 is 0. The first-order valence-electron chi connectivity index (χ1n) is 6.55. The zero-order valence-electron chi connectivity index (χ0n) is 10.5. The molecule has 0 bridgehead atoms. The van der Waals surface area contributed by atoms with E-state index in [0.717, 1.165) is 37.7 Å². The second-order valence-electron chi connectivity index (χ2n) is 4.56. The molecule has 1 fully saturated rings. The van der Waals surface area contributed by atoms with Crippen LogP contribution < -0.4 is 10.6 Å². The third-order valence-corrected chi connectivity index (χ3v) is 3.05. The van der Waals surface area contributed by atoms with Gasteiger partial charge in [-0.05, 0) is 19.3 Å². The molecule has 0 unspecified atom stereocenters. The molecule has 2 rings (SSSR count). The van der Waals surface area contributed by atoms with E-state index >= 15 is 0 Å². The molecule has 0 saturated carbocycles. The molecule has 5 nitrogen and oxygen atoms in total. The minimum absolute atomic E-state index is 0.350. The van der Waals surface area contributed by atoms with E-state index in [-0.39, 0.29) is 0 Å². The van der Waals surface area contributed by atoms with Crippen molar-refractivity contribution < 1.29 is 0 Å². The van der Waals surface area contributed by atoms with Gasteiger partial charge < -0.3 is 10.6 Å². The third kappa shape index (κ3) is 3.28. The summed E-state index contributed by atoms with van der Waals surface area (Å²) in [6.07, 6.45) is 6.94. The molecule has 1 aliphatic rings. The highest BCUT2D eigenvalue weighted by atomic mass is 15.3. The summed E-state index contributed by atoms with van der Waals surface area (Å²) in [6.45, 7) is 4.19. The number of nitrogen functional groups attached to an aromatic ring is 1. The molecule has 0 aromatic carbocycles. The highest BCUT2D eigenvalue weighted by Crippen LogP contribution is 2.16. The summed E-state index contributed by atoms with van der Waals surface area (Å²) in [7, 11) is 0. The van der Waals surface area contributed by atoms with Gasteiger partial charge >= 0.3 is 0 Å². The van der Waals surface area contributed by atoms with Crippen LogP contribution in [0.5, 0.6) is 0 Å². The summed E-state index contributed by atoms with van der Waals surface area (Å²) in [6, 6.07) is 0. The molecule has 1 aromatic heterocycles. The number of nitrogens with zero attached hydrogens (tertiary/aromatic N) is 4. The second kappa shape index (κ2) is 5.80. The van der Waals surface area contributed by atoms with Gasteiger partial charge in [0.25, 0.3) is 0 Å². The number of rotatable bonds is 3. The normalized spacial score (nSPS) is 16.9. The molecule has 17 heavy (non-hydrogen) atoms. The van der Waals surface area contributed by atoms with E-state index in [2.05, 4.69) is 26.8 Å². The fraction of sp³-hybridized carbons (Fsp3) is 0.750. The molecule has 0 spiro atoms. The van der Waals surface area contributed by atoms with Gasteiger partial charge in [0, 0.05) is 19.5 Å². The van der Waals surface area contributed by atoms with Gasteiger partial charge in [0.05, 0.1) is 0 Å². The van der Waals surface area contributed by atoms with Crippen LogP contribution in [0.3, 0.4) is 0 Å². The van der Waals surface area contributed by atoms with Crippen LogP contribution in [0.15, 0.2) is 0 Å². The predicted octanol–water partition coefficient (Wildman–Crippen LogP) is 1.79. The maximum atomic E-state index is 5.75. The quantitative estimate of drug-likeness (QED) is 0.865. The Bertz CT molecular complexity index is 358. The summed E-state index contributed by atoms with van der Waals surface area (Å²) in [5, 5.41) is 0. The predicted molar refractivity (Wildman–Crippen MR) is 68.9 cm³/mol. The Morgan fingerprint density at radius 2 is 1.76 bits per heavy atom. The number of aromatic nitrogens is 3. The maximum absolute atomic E-state index is 5.75. The van der Waals surface area contributed by atoms with Crippen molar-refractivity contribution in [2.45, 2.75) is 45.4 Å². The van der Waals surface area contributed by atoms with Gasteiger partial charge in [0.15, 0.2) is 0 Å². The van der Waals surface area contributed by atoms with Gasteiger partial charge in [-0.1, -0.05) is 19.8 Å². The standard InChI is InChI=1S/C12H21N5/c1-2-7-10-14-11(13)16-12(15-10)17-8-5-3-4-6-9-17/h2-9H2,1H3,(H2,13,14,15,16). The topological polar surface area (TPSA) is 67.9 Å². The number of aryl methyl sites for hydroxylation is 1. The summed E-state index contributed by atoms with van der Waals surface area (Å²) < 4.78 is 0. The Morgan fingerprint density at radius 1 is 1.06 bits per heavy atom. The van der Waals surface area contributed by atoms with Gasteiger partial charge in [-0.2, -0.15) is 15.0 Å². The van der Waals surface area contributed by atoms with Crippen molar-refractivity contribution in [3.8, 4) is 0 Å². The number of nitrogens with two attached hydrogens (primary N) is 1. The van der Waals surface area contributed by atoms with Crippen LogP contribution in [0.4, 0.5) is 11.9 Å². The lowest BCUT2D eigenvalue weighted by Crippen LogP contribution is -2.27. The van der Waals surface area contributed by atoms with Crippen LogP contribution in [-0.4, -0.2) is 28.0 Å². The number of hydrogen-bond acceptors (Lipinski definition) is 5. The highest BCUT2D eigenvalue weighted by Gasteiger charge is 2.14. The van der Waals surface area contributed by atoms with E-state index in [4.69, 9.17) is 5.73 Å². The van der Waals surface area contributed by atoms with Crippen molar-refractivity contribution in [2.75, 3.05) is 23.7 Å². The SMILES string of the molecule is CCCc1nc(N)nc(N2CCCCCC2)n1. The Balaban J connectivity index is 2.17. The molecular weight excluding hydrogens is 214 g/mol. The smallest absolute Gasteiger partial charge is 0.230 e. The number of anilines is 2. The monoisotopic (exact) mass is 235 g/mol. The molecule has 0 amide bonds. The Kier molecular flexibility index (Phi) is 4.12. The third-order valence-electron chi connectivity index (χ3n) is 3.05. The molecule has 0 atom stereocenters. The van der Waals surface area contributed by atoms with Crippen LogP contribution in [0, 0.1) is 0 Å². The van der Waals surface area contributed by atoms with E-state index in [0.29, 0.717) is 5.95 Å². The minimum Gasteiger partial charge on any atom is -0.368 e. The summed E-state index contributed by atoms with van der Waals surface area (Å²) in [4.78, 5) is 15.2. The molecule has 0 aliphatic carbocycles. The lowest BCUT2D eigenvalue weighted by molar-refractivity contribution is 0.726. The van der Waals surface area contributed by atoms with E-state index in [1.807, 2.05) is 0 Å². The second-order valence-corrected chi connectivity index (χ2v) is 4.56. The van der Waals surface area contributed by atoms with Gasteiger partial charge in [0.2, 0.25) is 11.9 Å². The first kappa shape index (κ1) is 12.1. The zero-order valence-corrected chi connectivity index (χ0v) is 10.5. The van der Waals surface area contributed by atoms with Gasteiger partial charge in [-0.3, -0.25) is 0 Å². The fourth-order valence-electron chi connectivity index (χ4n) is 2.17. The molecule has 1 aliphatic heterocycles. The van der Waals surface area contributed by atoms with Crippen molar-refractivity contribution in [3.05, 3.63) is 5.82 Å². The lowest BCUT2D eigenvalue weighted by Gasteiger charge is -2.20. The molecule has 2 N–H and O–H groups in total. The van der Waals surface area contributed by atoms with Crippen LogP contribution in [0.1, 0.15) is 44.9 Å². The largest absolute Gasteiger partial charge is 0.368 e. The van der Waals surface area contributed by atoms with Crippen LogP contribution in [-0.2, 0) is 6.42 Å². The molecule has 1 aromatic rings. The van der Waals surface area contributed by atoms with E-state index < -0.39 is 0 Å². The van der Waals surface area contributed by atoms with Crippen molar-refractivity contribution in [2.24, 2.45) is 0 Å². The Labute approximate surface area is 102 Å². The van der Waals surface area contributed by atoms with Crippen LogP contribution in [0.25, 0.3) is 0 Å². The highest BCUT2D eigenvalue weighted by molar-refractivity contribution is 5.34. The first-order chi connectivity index (χ1) is 8.29. The Morgan fingerprint density at radius 3 is 2.41 bits per heavy atom. The molecule has 1 saturated heterocycles. The summed E-state index contributed by atoms with van der Waals surface area (Å²) in [5.74, 6) is 1.93. The molecule has 5 heteroatoms. The fourth-order valence-corrected chi connectivity index (χ4v) is 2.17. The van der Waals surface area contributed by atoms with Crippen molar-refractivity contribution in [1.29, 1.82) is 0 Å². The summed E-state index contributed by atoms with van der Waals surface area (Å²) in [5.41, 5.74) is 5.75. The van der Waals surface area contributed by atoms with Gasteiger partial charge in [-0.15, -0.1) is 0 Å². The molecule has 0 radical (unpaired) electrons. The van der Waals surface area contributed by atoms with Gasteiger partial charge in [0.1, 0.15) is 5.82 Å². The van der Waals surface area contributed by atoms with Gasteiger partial charge in [-0.25, -0.2) is 0 Å².